The van der Waals surface area contributed by atoms with Gasteiger partial charge in [0.15, 0.2) is 5.78 Å². The Balaban J connectivity index is 1.92. The summed E-state index contributed by atoms with van der Waals surface area (Å²) in [5.41, 5.74) is 1.40. The molecule has 21 heavy (non-hydrogen) atoms. The molecule has 0 bridgehead atoms. The summed E-state index contributed by atoms with van der Waals surface area (Å²) in [5.74, 6) is 0.805. The van der Waals surface area contributed by atoms with Crippen molar-refractivity contribution in [2.24, 2.45) is 5.92 Å². The Morgan fingerprint density at radius 3 is 2.29 bits per heavy atom. The van der Waals surface area contributed by atoms with Gasteiger partial charge in [0, 0.05) is 11.3 Å². The first kappa shape index (κ1) is 15.7. The number of carbonyl (C=O) groups excluding carboxylic acids is 2. The fraction of sp³-hybridized carbons (Fsp3) is 0.529. The van der Waals surface area contributed by atoms with Crippen LogP contribution in [0.2, 0.25) is 0 Å². The standard InChI is InChI=1S/C17H24N2O2/c1-12-8-10-19(11-9-12)13(2)17(21)18-16-6-4-15(5-7-16)14(3)20/h4-7,12-13H,8-11H2,1-3H3,(H,18,21)/t13-/m0/s1. The fourth-order valence-corrected chi connectivity index (χ4v) is 2.62. The van der Waals surface area contributed by atoms with Gasteiger partial charge in [-0.1, -0.05) is 6.92 Å². The zero-order valence-electron chi connectivity index (χ0n) is 13.1. The third-order valence-corrected chi connectivity index (χ3v) is 4.30. The molecule has 0 aliphatic carbocycles. The number of likely N-dealkylation sites (tertiary alicyclic amines) is 1. The van der Waals surface area contributed by atoms with Gasteiger partial charge in [0.2, 0.25) is 5.91 Å². The van der Waals surface area contributed by atoms with Gasteiger partial charge < -0.3 is 5.32 Å². The lowest BCUT2D eigenvalue weighted by molar-refractivity contribution is -0.121. The maximum Gasteiger partial charge on any atom is 0.241 e. The second-order valence-electron chi connectivity index (χ2n) is 6.02. The summed E-state index contributed by atoms with van der Waals surface area (Å²) < 4.78 is 0. The van der Waals surface area contributed by atoms with Gasteiger partial charge in [-0.3, -0.25) is 14.5 Å². The summed E-state index contributed by atoms with van der Waals surface area (Å²) in [4.78, 5) is 25.8. The van der Waals surface area contributed by atoms with Crippen molar-refractivity contribution in [2.75, 3.05) is 18.4 Å². The van der Waals surface area contributed by atoms with Crippen LogP contribution in [0.4, 0.5) is 5.69 Å². The fourth-order valence-electron chi connectivity index (χ4n) is 2.62. The van der Waals surface area contributed by atoms with Crippen molar-refractivity contribution >= 4 is 17.4 Å². The van der Waals surface area contributed by atoms with E-state index in [2.05, 4.69) is 17.1 Å². The summed E-state index contributed by atoms with van der Waals surface area (Å²) in [6.07, 6.45) is 2.32. The minimum Gasteiger partial charge on any atom is -0.325 e. The lowest BCUT2D eigenvalue weighted by Crippen LogP contribution is -2.45. The number of nitrogens with one attached hydrogen (secondary N) is 1. The Morgan fingerprint density at radius 2 is 1.76 bits per heavy atom. The second-order valence-corrected chi connectivity index (χ2v) is 6.02. The summed E-state index contributed by atoms with van der Waals surface area (Å²) in [7, 11) is 0. The average Bonchev–Trinajstić information content (AvgIpc) is 2.47. The minimum atomic E-state index is -0.120. The molecule has 1 N–H and O–H groups in total. The number of piperidine rings is 1. The van der Waals surface area contributed by atoms with Crippen LogP contribution >= 0.6 is 0 Å². The van der Waals surface area contributed by atoms with Gasteiger partial charge in [0.05, 0.1) is 6.04 Å². The van der Waals surface area contributed by atoms with Crippen molar-refractivity contribution in [3.05, 3.63) is 29.8 Å². The highest BCUT2D eigenvalue weighted by Crippen LogP contribution is 2.19. The van der Waals surface area contributed by atoms with Crippen LogP contribution in [-0.2, 0) is 4.79 Å². The zero-order valence-corrected chi connectivity index (χ0v) is 13.1. The van der Waals surface area contributed by atoms with E-state index >= 15 is 0 Å². The van der Waals surface area contributed by atoms with Gasteiger partial charge in [0.25, 0.3) is 0 Å². The summed E-state index contributed by atoms with van der Waals surface area (Å²) in [6, 6.07) is 6.92. The molecule has 0 spiro atoms. The van der Waals surface area contributed by atoms with E-state index in [9.17, 15) is 9.59 Å². The molecule has 1 aromatic rings. The molecule has 1 fully saturated rings. The first-order chi connectivity index (χ1) is 9.97. The van der Waals surface area contributed by atoms with Crippen LogP contribution in [0.25, 0.3) is 0 Å². The Kier molecular flexibility index (Phi) is 5.12. The quantitative estimate of drug-likeness (QED) is 0.867. The molecule has 114 valence electrons. The molecule has 1 aliphatic heterocycles. The van der Waals surface area contributed by atoms with Crippen molar-refractivity contribution in [3.63, 3.8) is 0 Å². The zero-order chi connectivity index (χ0) is 15.4. The van der Waals surface area contributed by atoms with Crippen molar-refractivity contribution in [1.29, 1.82) is 0 Å². The number of Topliss-reactive ketones (excluding diaryl/α,β-unsaturated/α-hetero) is 1. The number of nitrogens with zero attached hydrogens (tertiary/aromatic N) is 1. The minimum absolute atomic E-state index is 0.0140. The van der Waals surface area contributed by atoms with E-state index < -0.39 is 0 Å². The number of rotatable bonds is 4. The van der Waals surface area contributed by atoms with Gasteiger partial charge in [-0.05, 0) is 70.0 Å². The maximum absolute atomic E-state index is 12.3. The van der Waals surface area contributed by atoms with E-state index in [1.807, 2.05) is 6.92 Å². The average molecular weight is 288 g/mol. The molecular weight excluding hydrogens is 264 g/mol. The van der Waals surface area contributed by atoms with Gasteiger partial charge in [-0.2, -0.15) is 0 Å². The number of anilines is 1. The molecule has 1 amide bonds. The van der Waals surface area contributed by atoms with Crippen LogP contribution in [-0.4, -0.2) is 35.7 Å². The van der Waals surface area contributed by atoms with E-state index in [1.165, 1.54) is 6.92 Å². The van der Waals surface area contributed by atoms with Crippen molar-refractivity contribution < 1.29 is 9.59 Å². The molecule has 0 radical (unpaired) electrons. The molecule has 1 saturated heterocycles. The van der Waals surface area contributed by atoms with Crippen LogP contribution in [0, 0.1) is 5.92 Å². The molecule has 0 saturated carbocycles. The number of ketones is 1. The Labute approximate surface area is 126 Å². The van der Waals surface area contributed by atoms with E-state index in [0.717, 1.165) is 37.5 Å². The first-order valence-electron chi connectivity index (χ1n) is 7.63. The molecule has 2 rings (SSSR count). The molecule has 1 aromatic carbocycles. The summed E-state index contributed by atoms with van der Waals surface area (Å²) in [6.45, 7) is 7.72. The van der Waals surface area contributed by atoms with Crippen molar-refractivity contribution in [2.45, 2.75) is 39.7 Å². The number of hydrogen-bond donors (Lipinski definition) is 1. The predicted molar refractivity (Wildman–Crippen MR) is 84.5 cm³/mol. The second kappa shape index (κ2) is 6.85. The van der Waals surface area contributed by atoms with Gasteiger partial charge in [-0.15, -0.1) is 0 Å². The highest BCUT2D eigenvalue weighted by Gasteiger charge is 2.24. The molecule has 0 unspecified atom stereocenters. The van der Waals surface area contributed by atoms with Crippen LogP contribution in [0.15, 0.2) is 24.3 Å². The Morgan fingerprint density at radius 1 is 1.19 bits per heavy atom. The smallest absolute Gasteiger partial charge is 0.241 e. The molecule has 4 nitrogen and oxygen atoms in total. The monoisotopic (exact) mass is 288 g/mol. The van der Waals surface area contributed by atoms with Crippen LogP contribution in [0.3, 0.4) is 0 Å². The molecule has 0 aromatic heterocycles. The summed E-state index contributed by atoms with van der Waals surface area (Å²) in [5, 5.41) is 2.92. The Bertz CT molecular complexity index is 502. The highest BCUT2D eigenvalue weighted by atomic mass is 16.2. The lowest BCUT2D eigenvalue weighted by atomic mass is 9.98. The first-order valence-corrected chi connectivity index (χ1v) is 7.63. The maximum atomic E-state index is 12.3. The molecular formula is C17H24N2O2. The van der Waals surface area contributed by atoms with Crippen LogP contribution in [0.5, 0.6) is 0 Å². The summed E-state index contributed by atoms with van der Waals surface area (Å²) >= 11 is 0. The van der Waals surface area contributed by atoms with E-state index in [4.69, 9.17) is 0 Å². The normalized spacial score (nSPS) is 18.2. The third-order valence-electron chi connectivity index (χ3n) is 4.30. The topological polar surface area (TPSA) is 49.4 Å². The largest absolute Gasteiger partial charge is 0.325 e. The molecule has 1 aliphatic rings. The van der Waals surface area contributed by atoms with Crippen LogP contribution < -0.4 is 5.32 Å². The van der Waals surface area contributed by atoms with Crippen molar-refractivity contribution in [3.8, 4) is 0 Å². The number of carbonyl (C=O) groups is 2. The van der Waals surface area contributed by atoms with E-state index in [1.54, 1.807) is 24.3 Å². The lowest BCUT2D eigenvalue weighted by Gasteiger charge is -2.34. The third kappa shape index (κ3) is 4.14. The molecule has 1 heterocycles. The van der Waals surface area contributed by atoms with Gasteiger partial charge >= 0.3 is 0 Å². The SMILES string of the molecule is CC(=O)c1ccc(NC(=O)[C@H](C)N2CCC(C)CC2)cc1. The number of hydrogen-bond acceptors (Lipinski definition) is 3. The van der Waals surface area contributed by atoms with Crippen molar-refractivity contribution in [1.82, 2.24) is 4.90 Å². The number of amides is 1. The number of benzene rings is 1. The Hall–Kier alpha value is -1.68. The van der Waals surface area contributed by atoms with Gasteiger partial charge in [-0.25, -0.2) is 0 Å². The van der Waals surface area contributed by atoms with Crippen LogP contribution in [0.1, 0.15) is 44.0 Å². The molecule has 1 atom stereocenters. The van der Waals surface area contributed by atoms with E-state index in [0.29, 0.717) is 5.56 Å². The highest BCUT2D eigenvalue weighted by molar-refractivity contribution is 5.96. The molecule has 4 heteroatoms. The van der Waals surface area contributed by atoms with Gasteiger partial charge in [0.1, 0.15) is 0 Å². The van der Waals surface area contributed by atoms with E-state index in [-0.39, 0.29) is 17.7 Å². The predicted octanol–water partition coefficient (Wildman–Crippen LogP) is 2.95.